The average Bonchev–Trinajstić information content (AvgIpc) is 2.47. The van der Waals surface area contributed by atoms with E-state index >= 15 is 0 Å². The van der Waals surface area contributed by atoms with Crippen molar-refractivity contribution in [2.45, 2.75) is 42.4 Å². The van der Waals surface area contributed by atoms with Crippen molar-refractivity contribution in [2.75, 3.05) is 5.75 Å². The maximum Gasteiger partial charge on any atom is 0.178 e. The molecule has 2 atom stereocenters. The minimum absolute atomic E-state index is 0.0918. The number of hydrogen-bond donors (Lipinski definition) is 0. The lowest BCUT2D eigenvalue weighted by Gasteiger charge is -2.26. The molecule has 0 saturated heterocycles. The normalized spacial score (nSPS) is 26.6. The summed E-state index contributed by atoms with van der Waals surface area (Å²) in [5.74, 6) is -1.36. The van der Waals surface area contributed by atoms with Crippen molar-refractivity contribution in [3.63, 3.8) is 0 Å². The molecular weight excluding hydrogens is 359 g/mol. The van der Waals surface area contributed by atoms with Crippen molar-refractivity contribution in [3.05, 3.63) is 28.3 Å². The number of ketones is 2. The van der Waals surface area contributed by atoms with Crippen LogP contribution < -0.4 is 0 Å². The van der Waals surface area contributed by atoms with Crippen LogP contribution in [0.15, 0.2) is 17.0 Å². The first-order valence-electron chi connectivity index (χ1n) is 7.58. The first-order valence-corrected chi connectivity index (χ1v) is 10.0. The van der Waals surface area contributed by atoms with Crippen LogP contribution >= 0.6 is 23.2 Å². The summed E-state index contributed by atoms with van der Waals surface area (Å²) in [6.07, 6.45) is 2.63. The second-order valence-corrected chi connectivity index (χ2v) is 9.06. The molecule has 1 aromatic carbocycles. The number of fused-ring (bicyclic) bond motifs is 1. The van der Waals surface area contributed by atoms with Crippen LogP contribution in [0.2, 0.25) is 5.02 Å². The van der Waals surface area contributed by atoms with Crippen LogP contribution in [-0.4, -0.2) is 31.1 Å². The van der Waals surface area contributed by atoms with Gasteiger partial charge in [0.05, 0.1) is 27.0 Å². The molecule has 1 saturated carbocycles. The predicted octanol–water partition coefficient (Wildman–Crippen LogP) is 3.22. The monoisotopic (exact) mass is 374 g/mol. The van der Waals surface area contributed by atoms with Gasteiger partial charge < -0.3 is 0 Å². The van der Waals surface area contributed by atoms with E-state index in [1.807, 2.05) is 0 Å². The summed E-state index contributed by atoms with van der Waals surface area (Å²) < 4.78 is 24.2. The van der Waals surface area contributed by atoms with E-state index in [-0.39, 0.29) is 27.0 Å². The molecular formula is C16H16Cl2O4S. The molecule has 4 nitrogen and oxygen atoms in total. The minimum Gasteiger partial charge on any atom is -0.299 e. The molecule has 1 aliphatic heterocycles. The number of alkyl halides is 1. The molecule has 0 N–H and O–H groups in total. The molecule has 1 heterocycles. The average molecular weight is 375 g/mol. The lowest BCUT2D eigenvalue weighted by atomic mass is 9.82. The van der Waals surface area contributed by atoms with Gasteiger partial charge in [-0.2, -0.15) is 0 Å². The quantitative estimate of drug-likeness (QED) is 0.452. The van der Waals surface area contributed by atoms with E-state index in [4.69, 9.17) is 23.2 Å². The predicted molar refractivity (Wildman–Crippen MR) is 88.1 cm³/mol. The Morgan fingerprint density at radius 3 is 2.61 bits per heavy atom. The molecule has 2 unspecified atom stereocenters. The zero-order valence-electron chi connectivity index (χ0n) is 12.3. The van der Waals surface area contributed by atoms with Crippen LogP contribution in [0.5, 0.6) is 0 Å². The van der Waals surface area contributed by atoms with Crippen LogP contribution in [0.25, 0.3) is 0 Å². The highest BCUT2D eigenvalue weighted by molar-refractivity contribution is 7.91. The van der Waals surface area contributed by atoms with Crippen molar-refractivity contribution in [1.29, 1.82) is 0 Å². The fraction of sp³-hybridized carbons (Fsp3) is 0.500. The van der Waals surface area contributed by atoms with Crippen molar-refractivity contribution >= 4 is 44.6 Å². The van der Waals surface area contributed by atoms with Gasteiger partial charge in [0, 0.05) is 12.0 Å². The summed E-state index contributed by atoms with van der Waals surface area (Å²) >= 11 is 12.5. The first kappa shape index (κ1) is 16.9. The van der Waals surface area contributed by atoms with E-state index < -0.39 is 26.9 Å². The van der Waals surface area contributed by atoms with E-state index in [0.29, 0.717) is 37.7 Å². The van der Waals surface area contributed by atoms with Gasteiger partial charge in [0.2, 0.25) is 0 Å². The molecule has 2 aliphatic rings. The van der Waals surface area contributed by atoms with Crippen molar-refractivity contribution in [3.8, 4) is 0 Å². The van der Waals surface area contributed by atoms with E-state index in [1.54, 1.807) is 0 Å². The van der Waals surface area contributed by atoms with Gasteiger partial charge >= 0.3 is 0 Å². The molecule has 1 fully saturated rings. The standard InChI is InChI=1S/C16H16Cl2O4S/c17-11-4-1-5-12(19)14(11)16(20)10-6-7-13-9(15(10)18)3-2-8-23(13,21)22/h6-7,11,14H,1-5,8H2. The molecule has 0 spiro atoms. The number of Topliss-reactive ketones (excluding diaryl/α,β-unsaturated/α-hetero) is 2. The fourth-order valence-electron chi connectivity index (χ4n) is 3.34. The highest BCUT2D eigenvalue weighted by atomic mass is 35.5. The summed E-state index contributed by atoms with van der Waals surface area (Å²) in [4.78, 5) is 25.0. The Balaban J connectivity index is 2.04. The molecule has 23 heavy (non-hydrogen) atoms. The Hall–Kier alpha value is -0.910. The third-order valence-corrected chi connectivity index (χ3v) is 7.32. The Morgan fingerprint density at radius 1 is 1.17 bits per heavy atom. The number of carbonyl (C=O) groups is 2. The maximum absolute atomic E-state index is 12.7. The Labute approximate surface area is 145 Å². The van der Waals surface area contributed by atoms with E-state index in [0.717, 1.165) is 0 Å². The van der Waals surface area contributed by atoms with Gasteiger partial charge in [-0.25, -0.2) is 8.42 Å². The van der Waals surface area contributed by atoms with Crippen molar-refractivity contribution in [1.82, 2.24) is 0 Å². The third-order valence-electron chi connectivity index (χ3n) is 4.53. The zero-order chi connectivity index (χ0) is 16.8. The molecule has 7 heteroatoms. The molecule has 124 valence electrons. The number of benzene rings is 1. The van der Waals surface area contributed by atoms with Crippen LogP contribution in [-0.2, 0) is 21.1 Å². The Morgan fingerprint density at radius 2 is 1.91 bits per heavy atom. The number of halogens is 2. The highest BCUT2D eigenvalue weighted by Crippen LogP contribution is 2.36. The Kier molecular flexibility index (Phi) is 4.55. The number of hydrogen-bond acceptors (Lipinski definition) is 4. The van der Waals surface area contributed by atoms with Gasteiger partial charge in [-0.15, -0.1) is 11.6 Å². The molecule has 1 aliphatic carbocycles. The molecule has 0 bridgehead atoms. The molecule has 0 radical (unpaired) electrons. The largest absolute Gasteiger partial charge is 0.299 e. The van der Waals surface area contributed by atoms with E-state index in [2.05, 4.69) is 0 Å². The molecule has 0 aromatic heterocycles. The molecule has 3 rings (SSSR count). The van der Waals surface area contributed by atoms with Crippen LogP contribution in [0.3, 0.4) is 0 Å². The fourth-order valence-corrected chi connectivity index (χ4v) is 5.76. The second kappa shape index (κ2) is 6.19. The molecule has 1 aromatic rings. The number of rotatable bonds is 2. The van der Waals surface area contributed by atoms with E-state index in [1.165, 1.54) is 12.1 Å². The second-order valence-electron chi connectivity index (χ2n) is 6.04. The zero-order valence-corrected chi connectivity index (χ0v) is 14.7. The smallest absolute Gasteiger partial charge is 0.178 e. The highest BCUT2D eigenvalue weighted by Gasteiger charge is 2.38. The summed E-state index contributed by atoms with van der Waals surface area (Å²) in [6, 6.07) is 2.84. The summed E-state index contributed by atoms with van der Waals surface area (Å²) in [7, 11) is -3.34. The van der Waals surface area contributed by atoms with Crippen LogP contribution in [0, 0.1) is 5.92 Å². The van der Waals surface area contributed by atoms with Crippen molar-refractivity contribution in [2.24, 2.45) is 5.92 Å². The molecule has 0 amide bonds. The van der Waals surface area contributed by atoms with Crippen LogP contribution in [0.4, 0.5) is 0 Å². The van der Waals surface area contributed by atoms with E-state index in [9.17, 15) is 18.0 Å². The van der Waals surface area contributed by atoms with Gasteiger partial charge in [-0.1, -0.05) is 11.6 Å². The number of sulfone groups is 1. The Bertz CT molecular complexity index is 786. The van der Waals surface area contributed by atoms with Gasteiger partial charge in [0.25, 0.3) is 0 Å². The first-order chi connectivity index (χ1) is 10.8. The lowest BCUT2D eigenvalue weighted by molar-refractivity contribution is -0.122. The number of carbonyl (C=O) groups excluding carboxylic acids is 2. The summed E-state index contributed by atoms with van der Waals surface area (Å²) in [5.41, 5.74) is 0.687. The summed E-state index contributed by atoms with van der Waals surface area (Å²) in [5, 5.41) is -0.377. The SMILES string of the molecule is O=C1CCCC(Cl)C1C(=O)c1ccc2c(c1Cl)CCCS2(=O)=O. The van der Waals surface area contributed by atoms with Gasteiger partial charge in [-0.3, -0.25) is 9.59 Å². The third kappa shape index (κ3) is 2.94. The van der Waals surface area contributed by atoms with Gasteiger partial charge in [-0.05, 0) is 43.4 Å². The van der Waals surface area contributed by atoms with Gasteiger partial charge in [0.1, 0.15) is 5.78 Å². The minimum atomic E-state index is -3.34. The lowest BCUT2D eigenvalue weighted by Crippen LogP contribution is -2.36. The maximum atomic E-state index is 12.7. The topological polar surface area (TPSA) is 68.3 Å². The summed E-state index contributed by atoms with van der Waals surface area (Å²) in [6.45, 7) is 0. The van der Waals surface area contributed by atoms with Crippen LogP contribution in [0.1, 0.15) is 41.6 Å². The van der Waals surface area contributed by atoms with Gasteiger partial charge in [0.15, 0.2) is 15.6 Å². The van der Waals surface area contributed by atoms with Crippen molar-refractivity contribution < 1.29 is 18.0 Å².